The first-order valence-electron chi connectivity index (χ1n) is 8.58. The first-order valence-corrected chi connectivity index (χ1v) is 9.33. The van der Waals surface area contributed by atoms with Gasteiger partial charge in [-0.05, 0) is 43.7 Å². The van der Waals surface area contributed by atoms with Crippen molar-refractivity contribution in [2.45, 2.75) is 19.9 Å². The van der Waals surface area contributed by atoms with Crippen LogP contribution in [0.3, 0.4) is 0 Å². The predicted molar refractivity (Wildman–Crippen MR) is 107 cm³/mol. The van der Waals surface area contributed by atoms with Gasteiger partial charge in [-0.2, -0.15) is 0 Å². The minimum absolute atomic E-state index is 0.286. The highest BCUT2D eigenvalue weighted by molar-refractivity contribution is 6.35. The maximum absolute atomic E-state index is 12.8. The van der Waals surface area contributed by atoms with Crippen molar-refractivity contribution >= 4 is 46.2 Å². The molecule has 2 heterocycles. The number of carbonyl (C=O) groups excluding carboxylic acids is 1. The van der Waals surface area contributed by atoms with Crippen molar-refractivity contribution in [3.8, 4) is 0 Å². The fourth-order valence-electron chi connectivity index (χ4n) is 3.45. The Bertz CT molecular complexity index is 1090. The number of imidazole rings is 1. The van der Waals surface area contributed by atoms with Gasteiger partial charge in [0.2, 0.25) is 5.95 Å². The standard InChI is InChI=1S/C20H17Cl2N3O2/c1-3-27-19(26)17-11(2)23-20-24-15-6-4-5-7-16(15)25(20)18(17)13-9-8-12(21)10-14(13)22/h4-10,18H,3H2,1-2H3,(H,23,24). The van der Waals surface area contributed by atoms with E-state index in [4.69, 9.17) is 27.9 Å². The third-order valence-corrected chi connectivity index (χ3v) is 5.15. The molecule has 0 amide bonds. The Labute approximate surface area is 166 Å². The maximum atomic E-state index is 12.8. The van der Waals surface area contributed by atoms with Gasteiger partial charge in [0.1, 0.15) is 0 Å². The molecule has 0 saturated carbocycles. The quantitative estimate of drug-likeness (QED) is 0.613. The van der Waals surface area contributed by atoms with Crippen LogP contribution in [0.4, 0.5) is 5.95 Å². The van der Waals surface area contributed by atoms with E-state index in [0.717, 1.165) is 16.6 Å². The molecule has 0 bridgehead atoms. The molecule has 5 nitrogen and oxygen atoms in total. The molecule has 4 rings (SSSR count). The average molecular weight is 402 g/mol. The van der Waals surface area contributed by atoms with Crippen molar-refractivity contribution in [1.82, 2.24) is 9.55 Å². The molecule has 0 radical (unpaired) electrons. The number of carbonyl (C=O) groups is 1. The van der Waals surface area contributed by atoms with Crippen molar-refractivity contribution in [3.05, 3.63) is 69.3 Å². The highest BCUT2D eigenvalue weighted by atomic mass is 35.5. The SMILES string of the molecule is CCOC(=O)C1=C(C)Nc2nc3ccccc3n2C1c1ccc(Cl)cc1Cl. The van der Waals surface area contributed by atoms with Gasteiger partial charge in [0.05, 0.1) is 29.3 Å². The zero-order chi connectivity index (χ0) is 19.1. The minimum atomic E-state index is -0.475. The van der Waals surface area contributed by atoms with Crippen LogP contribution in [0.1, 0.15) is 25.5 Å². The van der Waals surface area contributed by atoms with E-state index < -0.39 is 6.04 Å². The lowest BCUT2D eigenvalue weighted by molar-refractivity contribution is -0.139. The second-order valence-electron chi connectivity index (χ2n) is 6.25. The number of allylic oxidation sites excluding steroid dienone is 1. The smallest absolute Gasteiger partial charge is 0.338 e. The highest BCUT2D eigenvalue weighted by Crippen LogP contribution is 2.42. The number of ether oxygens (including phenoxy) is 1. The number of halogens is 2. The van der Waals surface area contributed by atoms with Crippen LogP contribution in [0, 0.1) is 0 Å². The molecule has 1 atom stereocenters. The van der Waals surface area contributed by atoms with Gasteiger partial charge in [0.15, 0.2) is 0 Å². The normalized spacial score (nSPS) is 16.2. The molecular weight excluding hydrogens is 385 g/mol. The number of nitrogens with zero attached hydrogens (tertiary/aromatic N) is 2. The molecule has 0 aliphatic carbocycles. The Morgan fingerprint density at radius 1 is 1.26 bits per heavy atom. The molecule has 1 N–H and O–H groups in total. The third kappa shape index (κ3) is 2.97. The van der Waals surface area contributed by atoms with E-state index >= 15 is 0 Å². The monoisotopic (exact) mass is 401 g/mol. The van der Waals surface area contributed by atoms with Gasteiger partial charge in [-0.15, -0.1) is 0 Å². The van der Waals surface area contributed by atoms with Crippen molar-refractivity contribution in [2.24, 2.45) is 0 Å². The van der Waals surface area contributed by atoms with Crippen LogP contribution >= 0.6 is 23.2 Å². The van der Waals surface area contributed by atoms with Crippen LogP contribution < -0.4 is 5.32 Å². The molecule has 3 aromatic rings. The molecule has 1 unspecified atom stereocenters. The van der Waals surface area contributed by atoms with Crippen molar-refractivity contribution in [1.29, 1.82) is 0 Å². The van der Waals surface area contributed by atoms with E-state index in [1.807, 2.05) is 41.8 Å². The van der Waals surface area contributed by atoms with E-state index in [1.54, 1.807) is 19.1 Å². The van der Waals surface area contributed by atoms with Gasteiger partial charge in [-0.25, -0.2) is 9.78 Å². The summed E-state index contributed by atoms with van der Waals surface area (Å²) < 4.78 is 7.31. The van der Waals surface area contributed by atoms with Crippen LogP contribution in [0.15, 0.2) is 53.7 Å². The summed E-state index contributed by atoms with van der Waals surface area (Å²) in [5.74, 6) is 0.264. The van der Waals surface area contributed by atoms with Gasteiger partial charge in [-0.1, -0.05) is 41.4 Å². The molecule has 2 aromatic carbocycles. The van der Waals surface area contributed by atoms with E-state index in [9.17, 15) is 4.79 Å². The van der Waals surface area contributed by atoms with Gasteiger partial charge in [-0.3, -0.25) is 4.57 Å². The molecule has 1 aliphatic rings. The molecular formula is C20H17Cl2N3O2. The van der Waals surface area contributed by atoms with E-state index in [0.29, 0.717) is 27.3 Å². The van der Waals surface area contributed by atoms with E-state index in [-0.39, 0.29) is 12.6 Å². The Kier molecular flexibility index (Phi) is 4.58. The lowest BCUT2D eigenvalue weighted by Gasteiger charge is -2.30. The maximum Gasteiger partial charge on any atom is 0.338 e. The number of hydrogen-bond donors (Lipinski definition) is 1. The number of esters is 1. The van der Waals surface area contributed by atoms with Gasteiger partial charge in [0.25, 0.3) is 0 Å². The number of hydrogen-bond acceptors (Lipinski definition) is 4. The number of anilines is 1. The fraction of sp³-hybridized carbons (Fsp3) is 0.200. The fourth-order valence-corrected chi connectivity index (χ4v) is 3.97. The molecule has 1 aliphatic heterocycles. The number of benzene rings is 2. The second-order valence-corrected chi connectivity index (χ2v) is 7.09. The Morgan fingerprint density at radius 3 is 2.78 bits per heavy atom. The zero-order valence-corrected chi connectivity index (χ0v) is 16.3. The summed E-state index contributed by atoms with van der Waals surface area (Å²) in [6.07, 6.45) is 0. The molecule has 27 heavy (non-hydrogen) atoms. The third-order valence-electron chi connectivity index (χ3n) is 4.58. The van der Waals surface area contributed by atoms with Gasteiger partial charge < -0.3 is 10.1 Å². The van der Waals surface area contributed by atoms with Crippen molar-refractivity contribution in [2.75, 3.05) is 11.9 Å². The lowest BCUT2D eigenvalue weighted by atomic mass is 9.95. The molecule has 0 fully saturated rings. The molecule has 7 heteroatoms. The topological polar surface area (TPSA) is 56.1 Å². The minimum Gasteiger partial charge on any atom is -0.463 e. The molecule has 1 aromatic heterocycles. The first-order chi connectivity index (χ1) is 13.0. The summed E-state index contributed by atoms with van der Waals surface area (Å²) in [6.45, 7) is 3.91. The number of fused-ring (bicyclic) bond motifs is 3. The van der Waals surface area contributed by atoms with Crippen molar-refractivity contribution < 1.29 is 9.53 Å². The lowest BCUT2D eigenvalue weighted by Crippen LogP contribution is -2.29. The number of nitrogens with one attached hydrogen (secondary N) is 1. The van der Waals surface area contributed by atoms with Crippen LogP contribution in [-0.4, -0.2) is 22.1 Å². The zero-order valence-electron chi connectivity index (χ0n) is 14.8. The molecule has 0 spiro atoms. The van der Waals surface area contributed by atoms with Gasteiger partial charge >= 0.3 is 5.97 Å². The highest BCUT2D eigenvalue weighted by Gasteiger charge is 2.35. The number of para-hydroxylation sites is 2. The summed E-state index contributed by atoms with van der Waals surface area (Å²) >= 11 is 12.6. The first kappa shape index (κ1) is 17.9. The second kappa shape index (κ2) is 6.91. The summed E-state index contributed by atoms with van der Waals surface area (Å²) in [7, 11) is 0. The van der Waals surface area contributed by atoms with Crippen LogP contribution in [0.25, 0.3) is 11.0 Å². The van der Waals surface area contributed by atoms with E-state index in [1.165, 1.54) is 0 Å². The summed E-state index contributed by atoms with van der Waals surface area (Å²) in [5.41, 5.74) is 3.66. The Balaban J connectivity index is 2.01. The number of aromatic nitrogens is 2. The Morgan fingerprint density at radius 2 is 2.04 bits per heavy atom. The van der Waals surface area contributed by atoms with Crippen LogP contribution in [-0.2, 0) is 9.53 Å². The predicted octanol–water partition coefficient (Wildman–Crippen LogP) is 5.20. The summed E-state index contributed by atoms with van der Waals surface area (Å²) in [5, 5.41) is 4.24. The van der Waals surface area contributed by atoms with Crippen LogP contribution in [0.2, 0.25) is 10.0 Å². The van der Waals surface area contributed by atoms with E-state index in [2.05, 4.69) is 10.3 Å². The van der Waals surface area contributed by atoms with Crippen LogP contribution in [0.5, 0.6) is 0 Å². The molecule has 0 saturated heterocycles. The average Bonchev–Trinajstić information content (AvgIpc) is 2.99. The molecule has 138 valence electrons. The Hall–Kier alpha value is -2.50. The summed E-state index contributed by atoms with van der Waals surface area (Å²) in [6, 6.07) is 12.6. The number of rotatable bonds is 3. The van der Waals surface area contributed by atoms with Gasteiger partial charge in [0, 0.05) is 15.7 Å². The largest absolute Gasteiger partial charge is 0.463 e. The summed E-state index contributed by atoms with van der Waals surface area (Å²) in [4.78, 5) is 17.5. The van der Waals surface area contributed by atoms with Crippen molar-refractivity contribution in [3.63, 3.8) is 0 Å².